The third kappa shape index (κ3) is 2.51. The standard InChI is InChI=1S/C16H19N3O2/c1-2-3-9-19-10-12-13(15(19)20)14(18-16(21)17-12)11-7-5-4-6-8-11/h4-8,14H,2-3,9-10H2,1H3,(H2,17,18,21)/t14-/m0/s1. The van der Waals surface area contributed by atoms with Crippen LogP contribution in [0.2, 0.25) is 0 Å². The summed E-state index contributed by atoms with van der Waals surface area (Å²) >= 11 is 0. The first-order valence-electron chi connectivity index (χ1n) is 7.35. The van der Waals surface area contributed by atoms with Crippen molar-refractivity contribution < 1.29 is 9.59 Å². The molecule has 0 saturated carbocycles. The van der Waals surface area contributed by atoms with Gasteiger partial charge in [0.2, 0.25) is 0 Å². The lowest BCUT2D eigenvalue weighted by Crippen LogP contribution is -2.44. The molecule has 2 aliphatic heterocycles. The lowest BCUT2D eigenvalue weighted by molar-refractivity contribution is -0.125. The molecular formula is C16H19N3O2. The Kier molecular flexibility index (Phi) is 3.64. The van der Waals surface area contributed by atoms with E-state index in [2.05, 4.69) is 17.6 Å². The molecular weight excluding hydrogens is 266 g/mol. The van der Waals surface area contributed by atoms with Gasteiger partial charge in [-0.25, -0.2) is 4.79 Å². The predicted molar refractivity (Wildman–Crippen MR) is 79.4 cm³/mol. The van der Waals surface area contributed by atoms with Crippen molar-refractivity contribution in [3.63, 3.8) is 0 Å². The van der Waals surface area contributed by atoms with Gasteiger partial charge in [-0.1, -0.05) is 43.7 Å². The average Bonchev–Trinajstić information content (AvgIpc) is 2.81. The summed E-state index contributed by atoms with van der Waals surface area (Å²) < 4.78 is 0. The van der Waals surface area contributed by atoms with Gasteiger partial charge in [0, 0.05) is 6.54 Å². The molecule has 5 heteroatoms. The highest BCUT2D eigenvalue weighted by Crippen LogP contribution is 2.32. The molecule has 2 N–H and O–H groups in total. The fraction of sp³-hybridized carbons (Fsp3) is 0.375. The summed E-state index contributed by atoms with van der Waals surface area (Å²) in [4.78, 5) is 26.3. The Hall–Kier alpha value is -2.30. The van der Waals surface area contributed by atoms with Gasteiger partial charge in [0.15, 0.2) is 0 Å². The maximum absolute atomic E-state index is 12.6. The zero-order chi connectivity index (χ0) is 14.8. The molecule has 0 unspecified atom stereocenters. The van der Waals surface area contributed by atoms with Gasteiger partial charge in [-0.2, -0.15) is 0 Å². The summed E-state index contributed by atoms with van der Waals surface area (Å²) in [5, 5.41) is 5.64. The van der Waals surface area contributed by atoms with Gasteiger partial charge in [0.1, 0.15) is 0 Å². The molecule has 0 fully saturated rings. The monoisotopic (exact) mass is 285 g/mol. The van der Waals surface area contributed by atoms with E-state index in [1.165, 1.54) is 0 Å². The van der Waals surface area contributed by atoms with Crippen LogP contribution in [0.5, 0.6) is 0 Å². The Labute approximate surface area is 124 Å². The van der Waals surface area contributed by atoms with E-state index in [9.17, 15) is 9.59 Å². The van der Waals surface area contributed by atoms with Crippen LogP contribution in [0.4, 0.5) is 4.79 Å². The molecule has 1 atom stereocenters. The Morgan fingerprint density at radius 3 is 2.71 bits per heavy atom. The van der Waals surface area contributed by atoms with Crippen LogP contribution in [0, 0.1) is 0 Å². The fourth-order valence-corrected chi connectivity index (χ4v) is 2.85. The number of amides is 3. The number of nitrogens with one attached hydrogen (secondary N) is 2. The zero-order valence-corrected chi connectivity index (χ0v) is 12.1. The normalized spacial score (nSPS) is 21.2. The van der Waals surface area contributed by atoms with Crippen molar-refractivity contribution in [2.75, 3.05) is 13.1 Å². The lowest BCUT2D eigenvalue weighted by atomic mass is 9.96. The minimum absolute atomic E-state index is 0.0276. The Morgan fingerprint density at radius 2 is 2.00 bits per heavy atom. The third-order valence-electron chi connectivity index (χ3n) is 3.93. The largest absolute Gasteiger partial charge is 0.333 e. The van der Waals surface area contributed by atoms with Gasteiger partial charge in [-0.05, 0) is 12.0 Å². The van der Waals surface area contributed by atoms with Crippen molar-refractivity contribution in [3.8, 4) is 0 Å². The molecule has 2 aliphatic rings. The molecule has 3 amide bonds. The highest BCUT2D eigenvalue weighted by Gasteiger charge is 2.39. The summed E-state index contributed by atoms with van der Waals surface area (Å²) in [7, 11) is 0. The quantitative estimate of drug-likeness (QED) is 0.888. The number of urea groups is 1. The highest BCUT2D eigenvalue weighted by atomic mass is 16.2. The van der Waals surface area contributed by atoms with E-state index in [0.717, 1.165) is 30.6 Å². The van der Waals surface area contributed by atoms with Crippen LogP contribution in [-0.4, -0.2) is 29.9 Å². The number of carbonyl (C=O) groups is 2. The van der Waals surface area contributed by atoms with Crippen molar-refractivity contribution in [1.29, 1.82) is 0 Å². The summed E-state index contributed by atoms with van der Waals surface area (Å²) in [5.74, 6) is 0.0276. The van der Waals surface area contributed by atoms with Crippen molar-refractivity contribution in [2.24, 2.45) is 0 Å². The second-order valence-corrected chi connectivity index (χ2v) is 5.41. The molecule has 0 spiro atoms. The van der Waals surface area contributed by atoms with Gasteiger partial charge >= 0.3 is 6.03 Å². The van der Waals surface area contributed by atoms with Crippen LogP contribution in [0.25, 0.3) is 0 Å². The molecule has 0 radical (unpaired) electrons. The summed E-state index contributed by atoms with van der Waals surface area (Å²) in [6, 6.07) is 9.02. The summed E-state index contributed by atoms with van der Waals surface area (Å²) in [6.07, 6.45) is 2.02. The van der Waals surface area contributed by atoms with Crippen LogP contribution in [-0.2, 0) is 4.79 Å². The van der Waals surface area contributed by atoms with E-state index >= 15 is 0 Å². The van der Waals surface area contributed by atoms with Gasteiger partial charge in [-0.15, -0.1) is 0 Å². The molecule has 21 heavy (non-hydrogen) atoms. The first-order chi connectivity index (χ1) is 10.2. The number of nitrogens with zero attached hydrogens (tertiary/aromatic N) is 1. The minimum Gasteiger partial charge on any atom is -0.333 e. The molecule has 110 valence electrons. The molecule has 1 aromatic carbocycles. The Morgan fingerprint density at radius 1 is 1.24 bits per heavy atom. The number of unbranched alkanes of at least 4 members (excludes halogenated alkanes) is 1. The average molecular weight is 285 g/mol. The number of benzene rings is 1. The second-order valence-electron chi connectivity index (χ2n) is 5.41. The first kappa shape index (κ1) is 13.7. The summed E-state index contributed by atoms with van der Waals surface area (Å²) in [5.41, 5.74) is 2.36. The van der Waals surface area contributed by atoms with E-state index in [1.807, 2.05) is 35.2 Å². The van der Waals surface area contributed by atoms with E-state index in [0.29, 0.717) is 12.1 Å². The Bertz CT molecular complexity index is 595. The van der Waals surface area contributed by atoms with Gasteiger partial charge in [-0.3, -0.25) is 4.79 Å². The van der Waals surface area contributed by atoms with Crippen LogP contribution >= 0.6 is 0 Å². The highest BCUT2D eigenvalue weighted by molar-refractivity contribution is 6.01. The fourth-order valence-electron chi connectivity index (χ4n) is 2.85. The smallest absolute Gasteiger partial charge is 0.319 e. The van der Waals surface area contributed by atoms with Crippen molar-refractivity contribution in [1.82, 2.24) is 15.5 Å². The number of rotatable bonds is 4. The second kappa shape index (κ2) is 5.60. The molecule has 0 aromatic heterocycles. The van der Waals surface area contributed by atoms with Crippen LogP contribution in [0.15, 0.2) is 41.6 Å². The molecule has 5 nitrogen and oxygen atoms in total. The number of hydrogen-bond donors (Lipinski definition) is 2. The van der Waals surface area contributed by atoms with Crippen LogP contribution < -0.4 is 10.6 Å². The van der Waals surface area contributed by atoms with Crippen molar-refractivity contribution >= 4 is 11.9 Å². The van der Waals surface area contributed by atoms with Crippen molar-refractivity contribution in [3.05, 3.63) is 47.2 Å². The molecule has 0 aliphatic carbocycles. The van der Waals surface area contributed by atoms with E-state index in [-0.39, 0.29) is 18.0 Å². The number of carbonyl (C=O) groups excluding carboxylic acids is 2. The topological polar surface area (TPSA) is 61.4 Å². The molecule has 3 rings (SSSR count). The first-order valence-corrected chi connectivity index (χ1v) is 7.35. The Balaban J connectivity index is 1.90. The molecule has 0 bridgehead atoms. The molecule has 0 saturated heterocycles. The number of hydrogen-bond acceptors (Lipinski definition) is 2. The van der Waals surface area contributed by atoms with E-state index in [4.69, 9.17) is 0 Å². The minimum atomic E-state index is -0.353. The lowest BCUT2D eigenvalue weighted by Gasteiger charge is -2.25. The van der Waals surface area contributed by atoms with Gasteiger partial charge in [0.25, 0.3) is 5.91 Å². The molecule has 1 aromatic rings. The maximum atomic E-state index is 12.6. The predicted octanol–water partition coefficient (Wildman–Crippen LogP) is 1.94. The van der Waals surface area contributed by atoms with E-state index < -0.39 is 0 Å². The van der Waals surface area contributed by atoms with Crippen LogP contribution in [0.3, 0.4) is 0 Å². The van der Waals surface area contributed by atoms with Crippen LogP contribution in [0.1, 0.15) is 31.4 Å². The van der Waals surface area contributed by atoms with Gasteiger partial charge in [0.05, 0.1) is 23.9 Å². The van der Waals surface area contributed by atoms with E-state index in [1.54, 1.807) is 0 Å². The van der Waals surface area contributed by atoms with Crippen molar-refractivity contribution in [2.45, 2.75) is 25.8 Å². The van der Waals surface area contributed by atoms with Gasteiger partial charge < -0.3 is 15.5 Å². The third-order valence-corrected chi connectivity index (χ3v) is 3.93. The maximum Gasteiger partial charge on any atom is 0.319 e. The summed E-state index contributed by atoms with van der Waals surface area (Å²) in [6.45, 7) is 3.34. The molecule has 2 heterocycles. The SMILES string of the molecule is CCCCN1CC2=C(C1=O)[C@H](c1ccccc1)NC(=O)N2. The zero-order valence-electron chi connectivity index (χ0n) is 12.1.